The van der Waals surface area contributed by atoms with Crippen LogP contribution in [0.15, 0.2) is 41.5 Å². The first-order valence-electron chi connectivity index (χ1n) is 10.3. The molecule has 0 saturated carbocycles. The summed E-state index contributed by atoms with van der Waals surface area (Å²) in [5.74, 6) is 0.754. The first-order valence-corrected chi connectivity index (χ1v) is 10.3. The molecule has 8 nitrogen and oxygen atoms in total. The van der Waals surface area contributed by atoms with Gasteiger partial charge in [-0.15, -0.1) is 0 Å². The number of hydrogen-bond acceptors (Lipinski definition) is 5. The number of aryl methyl sites for hydroxylation is 2. The van der Waals surface area contributed by atoms with Gasteiger partial charge < -0.3 is 9.88 Å². The normalized spacial score (nSPS) is 14.9. The Morgan fingerprint density at radius 2 is 1.97 bits per heavy atom. The summed E-state index contributed by atoms with van der Waals surface area (Å²) in [7, 11) is 1.79. The second-order valence-electron chi connectivity index (χ2n) is 7.81. The third-order valence-electron chi connectivity index (χ3n) is 5.67. The van der Waals surface area contributed by atoms with Crippen molar-refractivity contribution in [3.05, 3.63) is 58.4 Å². The zero-order valence-electron chi connectivity index (χ0n) is 17.0. The van der Waals surface area contributed by atoms with Crippen molar-refractivity contribution < 1.29 is 9.59 Å². The Hall–Kier alpha value is -3.29. The van der Waals surface area contributed by atoms with Crippen molar-refractivity contribution in [2.75, 3.05) is 13.1 Å². The number of aromatic nitrogens is 4. The fourth-order valence-electron chi connectivity index (χ4n) is 3.99. The van der Waals surface area contributed by atoms with Gasteiger partial charge in [-0.3, -0.25) is 19.1 Å². The predicted octanol–water partition coefficient (Wildman–Crippen LogP) is 2.10. The average molecular weight is 407 g/mol. The number of aromatic amines is 1. The summed E-state index contributed by atoms with van der Waals surface area (Å²) < 4.78 is 1.63. The van der Waals surface area contributed by atoms with E-state index in [9.17, 15) is 14.4 Å². The second kappa shape index (κ2) is 8.61. The first-order chi connectivity index (χ1) is 14.5. The number of piperidine rings is 1. The Kier molecular flexibility index (Phi) is 5.74. The van der Waals surface area contributed by atoms with Crippen LogP contribution in [0.25, 0.3) is 10.9 Å². The highest BCUT2D eigenvalue weighted by Gasteiger charge is 2.28. The Balaban J connectivity index is 1.26. The topological polar surface area (TPSA) is 101 Å². The summed E-state index contributed by atoms with van der Waals surface area (Å²) in [4.78, 5) is 46.3. The van der Waals surface area contributed by atoms with E-state index in [1.807, 2.05) is 23.1 Å². The largest absolute Gasteiger partial charge is 0.343 e. The van der Waals surface area contributed by atoms with Gasteiger partial charge in [0.15, 0.2) is 5.78 Å². The molecule has 30 heavy (non-hydrogen) atoms. The van der Waals surface area contributed by atoms with E-state index in [0.29, 0.717) is 67.5 Å². The molecule has 1 N–H and O–H groups in total. The molecule has 0 atom stereocenters. The van der Waals surface area contributed by atoms with E-state index in [2.05, 4.69) is 15.1 Å². The van der Waals surface area contributed by atoms with Gasteiger partial charge in [0.05, 0.1) is 22.7 Å². The average Bonchev–Trinajstić information content (AvgIpc) is 3.19. The Bertz CT molecular complexity index is 1130. The first kappa shape index (κ1) is 20.0. The highest BCUT2D eigenvalue weighted by molar-refractivity contribution is 5.97. The number of H-pyrrole nitrogens is 1. The second-order valence-corrected chi connectivity index (χ2v) is 7.81. The van der Waals surface area contributed by atoms with E-state index in [0.717, 1.165) is 0 Å². The highest BCUT2D eigenvalue weighted by atomic mass is 16.2. The van der Waals surface area contributed by atoms with Gasteiger partial charge in [0.2, 0.25) is 5.91 Å². The summed E-state index contributed by atoms with van der Waals surface area (Å²) >= 11 is 0. The van der Waals surface area contributed by atoms with Crippen molar-refractivity contribution in [2.45, 2.75) is 32.1 Å². The third-order valence-corrected chi connectivity index (χ3v) is 5.67. The van der Waals surface area contributed by atoms with Gasteiger partial charge in [0.25, 0.3) is 5.56 Å². The monoisotopic (exact) mass is 407 g/mol. The minimum absolute atomic E-state index is 0.0508. The number of ketones is 1. The van der Waals surface area contributed by atoms with E-state index >= 15 is 0 Å². The minimum atomic E-state index is -0.151. The number of rotatable bonds is 6. The summed E-state index contributed by atoms with van der Waals surface area (Å²) in [6.07, 6.45) is 6.27. The molecule has 1 aliphatic heterocycles. The fraction of sp³-hybridized carbons (Fsp3) is 0.409. The predicted molar refractivity (Wildman–Crippen MR) is 112 cm³/mol. The van der Waals surface area contributed by atoms with E-state index < -0.39 is 0 Å². The molecule has 8 heteroatoms. The van der Waals surface area contributed by atoms with E-state index in [1.54, 1.807) is 30.2 Å². The van der Waals surface area contributed by atoms with Gasteiger partial charge in [0, 0.05) is 45.1 Å². The number of fused-ring (bicyclic) bond motifs is 1. The maximum atomic E-state index is 12.6. The number of likely N-dealkylation sites (tertiary alicyclic amines) is 1. The van der Waals surface area contributed by atoms with Gasteiger partial charge in [-0.05, 0) is 31.4 Å². The molecule has 0 spiro atoms. The molecule has 156 valence electrons. The van der Waals surface area contributed by atoms with Crippen LogP contribution in [0.1, 0.15) is 41.9 Å². The van der Waals surface area contributed by atoms with Crippen LogP contribution in [-0.2, 0) is 18.3 Å². The fourth-order valence-corrected chi connectivity index (χ4v) is 3.99. The van der Waals surface area contributed by atoms with Crippen LogP contribution < -0.4 is 5.56 Å². The molecule has 0 aliphatic carbocycles. The molecule has 0 unspecified atom stereocenters. The maximum absolute atomic E-state index is 12.6. The number of amides is 1. The lowest BCUT2D eigenvalue weighted by Crippen LogP contribution is -2.40. The maximum Gasteiger partial charge on any atom is 0.258 e. The van der Waals surface area contributed by atoms with Crippen LogP contribution >= 0.6 is 0 Å². The van der Waals surface area contributed by atoms with Gasteiger partial charge in [0.1, 0.15) is 5.82 Å². The SMILES string of the molecule is Cn1cc(C(=O)C2CCN(C(=O)CCCc3nc4ccccc4c(=O)[nH]3)CC2)cn1. The van der Waals surface area contributed by atoms with Crippen LogP contribution in [0.5, 0.6) is 0 Å². The van der Waals surface area contributed by atoms with Crippen LogP contribution in [0.2, 0.25) is 0 Å². The van der Waals surface area contributed by atoms with Gasteiger partial charge in [-0.2, -0.15) is 5.10 Å². The quantitative estimate of drug-likeness (QED) is 0.631. The number of nitrogens with zero attached hydrogens (tertiary/aromatic N) is 4. The molecule has 0 bridgehead atoms. The van der Waals surface area contributed by atoms with Gasteiger partial charge >= 0.3 is 0 Å². The van der Waals surface area contributed by atoms with Gasteiger partial charge in [-0.1, -0.05) is 12.1 Å². The van der Waals surface area contributed by atoms with Crippen molar-refractivity contribution in [1.82, 2.24) is 24.6 Å². The van der Waals surface area contributed by atoms with Crippen molar-refractivity contribution in [3.63, 3.8) is 0 Å². The van der Waals surface area contributed by atoms with Gasteiger partial charge in [-0.25, -0.2) is 4.98 Å². The van der Waals surface area contributed by atoms with Crippen LogP contribution in [-0.4, -0.2) is 49.4 Å². The molecule has 3 aromatic rings. The molecule has 1 saturated heterocycles. The number of benzene rings is 1. The Morgan fingerprint density at radius 1 is 1.20 bits per heavy atom. The molecule has 0 radical (unpaired) electrons. The summed E-state index contributed by atoms with van der Waals surface area (Å²) in [6.45, 7) is 1.20. The van der Waals surface area contributed by atoms with E-state index in [1.165, 1.54) is 0 Å². The third kappa shape index (κ3) is 4.32. The van der Waals surface area contributed by atoms with Crippen LogP contribution in [0, 0.1) is 5.92 Å². The number of para-hydroxylation sites is 1. The van der Waals surface area contributed by atoms with Crippen LogP contribution in [0.4, 0.5) is 0 Å². The standard InChI is InChI=1S/C22H25N5O3/c1-26-14-16(13-23-26)21(29)15-9-11-27(12-10-15)20(28)8-4-7-19-24-18-6-3-2-5-17(18)22(30)25-19/h2-3,5-6,13-15H,4,7-12H2,1H3,(H,24,25,30). The van der Waals surface area contributed by atoms with E-state index in [4.69, 9.17) is 0 Å². The lowest BCUT2D eigenvalue weighted by atomic mass is 9.90. The molecule has 3 heterocycles. The van der Waals surface area contributed by atoms with Crippen molar-refractivity contribution >= 4 is 22.6 Å². The lowest BCUT2D eigenvalue weighted by Gasteiger charge is -2.31. The molecular weight excluding hydrogens is 382 g/mol. The zero-order chi connectivity index (χ0) is 21.1. The van der Waals surface area contributed by atoms with Crippen molar-refractivity contribution in [2.24, 2.45) is 13.0 Å². The molecule has 1 fully saturated rings. The van der Waals surface area contributed by atoms with Crippen LogP contribution in [0.3, 0.4) is 0 Å². The Labute approximate surface area is 173 Å². The zero-order valence-corrected chi connectivity index (χ0v) is 17.0. The number of hydrogen-bond donors (Lipinski definition) is 1. The summed E-state index contributed by atoms with van der Waals surface area (Å²) in [6, 6.07) is 7.23. The minimum Gasteiger partial charge on any atom is -0.343 e. The molecule has 1 aliphatic rings. The molecule has 1 amide bonds. The van der Waals surface area contributed by atoms with E-state index in [-0.39, 0.29) is 23.2 Å². The molecular formula is C22H25N5O3. The number of Topliss-reactive ketones (excluding diaryl/α,β-unsaturated/α-hetero) is 1. The number of carbonyl (C=O) groups excluding carboxylic acids is 2. The number of nitrogens with one attached hydrogen (secondary N) is 1. The smallest absolute Gasteiger partial charge is 0.258 e. The lowest BCUT2D eigenvalue weighted by molar-refractivity contribution is -0.132. The molecule has 4 rings (SSSR count). The van der Waals surface area contributed by atoms with Crippen molar-refractivity contribution in [3.8, 4) is 0 Å². The Morgan fingerprint density at radius 3 is 2.70 bits per heavy atom. The number of carbonyl (C=O) groups is 2. The van der Waals surface area contributed by atoms with Crippen molar-refractivity contribution in [1.29, 1.82) is 0 Å². The molecule has 1 aromatic carbocycles. The molecule has 2 aromatic heterocycles. The summed E-state index contributed by atoms with van der Waals surface area (Å²) in [5, 5.41) is 4.63. The highest BCUT2D eigenvalue weighted by Crippen LogP contribution is 2.22. The summed E-state index contributed by atoms with van der Waals surface area (Å²) in [5.41, 5.74) is 1.16.